The van der Waals surface area contributed by atoms with E-state index in [-0.39, 0.29) is 18.1 Å². The molecule has 0 unspecified atom stereocenters. The molecule has 0 aromatic heterocycles. The Hall–Kier alpha value is -3.80. The van der Waals surface area contributed by atoms with Crippen LogP contribution in [0.2, 0.25) is 5.02 Å². The van der Waals surface area contributed by atoms with Crippen LogP contribution in [0.25, 0.3) is 6.08 Å². The number of nitrogens with zero attached hydrogens (tertiary/aromatic N) is 1. The summed E-state index contributed by atoms with van der Waals surface area (Å²) < 4.78 is 11.2. The van der Waals surface area contributed by atoms with Gasteiger partial charge in [-0.1, -0.05) is 17.7 Å². The van der Waals surface area contributed by atoms with Gasteiger partial charge in [0.2, 0.25) is 0 Å². The fourth-order valence-electron chi connectivity index (χ4n) is 2.79. The quantitative estimate of drug-likeness (QED) is 0.283. The maximum Gasteiger partial charge on any atom is 0.266 e. The summed E-state index contributed by atoms with van der Waals surface area (Å²) in [5, 5.41) is 15.3. The van der Waals surface area contributed by atoms with Crippen molar-refractivity contribution in [1.82, 2.24) is 0 Å². The first-order valence-corrected chi connectivity index (χ1v) is 11.1. The molecule has 172 valence electrons. The van der Waals surface area contributed by atoms with Crippen LogP contribution in [0.1, 0.15) is 5.56 Å². The van der Waals surface area contributed by atoms with Gasteiger partial charge in [-0.2, -0.15) is 5.26 Å². The first-order chi connectivity index (χ1) is 16.4. The number of ether oxygens (including phenoxy) is 2. The van der Waals surface area contributed by atoms with Crippen LogP contribution in [0.4, 0.5) is 11.4 Å². The molecule has 3 aromatic carbocycles. The monoisotopic (exact) mass is 539 g/mol. The summed E-state index contributed by atoms with van der Waals surface area (Å²) in [4.78, 5) is 24.6. The number of nitrogens with one attached hydrogen (secondary N) is 2. The van der Waals surface area contributed by atoms with E-state index in [1.165, 1.54) is 6.08 Å². The molecule has 0 spiro atoms. The predicted octanol–water partition coefficient (Wildman–Crippen LogP) is 5.67. The Labute approximate surface area is 210 Å². The highest BCUT2D eigenvalue weighted by atomic mass is 79.9. The second-order valence-electron chi connectivity index (χ2n) is 6.89. The molecule has 7 nitrogen and oxygen atoms in total. The Kier molecular flexibility index (Phi) is 8.68. The van der Waals surface area contributed by atoms with Crippen LogP contribution >= 0.6 is 27.5 Å². The van der Waals surface area contributed by atoms with Crippen LogP contribution in [0, 0.1) is 11.3 Å². The molecule has 34 heavy (non-hydrogen) atoms. The number of nitriles is 1. The zero-order valence-corrected chi connectivity index (χ0v) is 20.3. The number of carbonyl (C=O) groups is 2. The van der Waals surface area contributed by atoms with Crippen LogP contribution in [0.15, 0.2) is 76.8 Å². The molecule has 0 saturated heterocycles. The van der Waals surface area contributed by atoms with Crippen LogP contribution in [0.3, 0.4) is 0 Å². The Morgan fingerprint density at radius 3 is 2.29 bits per heavy atom. The second kappa shape index (κ2) is 11.9. The van der Waals surface area contributed by atoms with Gasteiger partial charge >= 0.3 is 0 Å². The normalized spacial score (nSPS) is 10.7. The number of rotatable bonds is 8. The van der Waals surface area contributed by atoms with Gasteiger partial charge in [0.15, 0.2) is 6.61 Å². The van der Waals surface area contributed by atoms with Gasteiger partial charge in [-0.25, -0.2) is 0 Å². The van der Waals surface area contributed by atoms with Crippen LogP contribution in [-0.4, -0.2) is 25.5 Å². The van der Waals surface area contributed by atoms with Gasteiger partial charge in [-0.3, -0.25) is 9.59 Å². The highest BCUT2D eigenvalue weighted by Crippen LogP contribution is 2.27. The first-order valence-electron chi connectivity index (χ1n) is 9.93. The molecule has 0 radical (unpaired) electrons. The lowest BCUT2D eigenvalue weighted by molar-refractivity contribution is -0.118. The van der Waals surface area contributed by atoms with Crippen LogP contribution < -0.4 is 20.1 Å². The summed E-state index contributed by atoms with van der Waals surface area (Å²) in [5.74, 6) is 0.253. The van der Waals surface area contributed by atoms with Crippen molar-refractivity contribution in [1.29, 1.82) is 5.26 Å². The van der Waals surface area contributed by atoms with Gasteiger partial charge in [-0.15, -0.1) is 0 Å². The van der Waals surface area contributed by atoms with E-state index >= 15 is 0 Å². The van der Waals surface area contributed by atoms with Crippen molar-refractivity contribution >= 4 is 56.8 Å². The molecular formula is C25H19BrClN3O4. The van der Waals surface area contributed by atoms with E-state index in [1.54, 1.807) is 73.8 Å². The van der Waals surface area contributed by atoms with E-state index in [1.807, 2.05) is 6.07 Å². The Bertz CT molecular complexity index is 1250. The summed E-state index contributed by atoms with van der Waals surface area (Å²) in [5.41, 5.74) is 1.67. The summed E-state index contributed by atoms with van der Waals surface area (Å²) in [6, 6.07) is 20.4. The van der Waals surface area contributed by atoms with E-state index in [0.29, 0.717) is 37.9 Å². The standard InChI is InChI=1S/C25H19BrClN3O4/c1-33-21-9-7-19(8-10-21)29-24(31)15-34-23-11-2-16(13-22(23)26)12-17(14-28)25(32)30-20-5-3-18(27)4-6-20/h2-13H,15H2,1H3,(H,29,31)(H,30,32)/b17-12-. The summed E-state index contributed by atoms with van der Waals surface area (Å²) >= 11 is 9.24. The highest BCUT2D eigenvalue weighted by Gasteiger charge is 2.11. The largest absolute Gasteiger partial charge is 0.497 e. The summed E-state index contributed by atoms with van der Waals surface area (Å²) in [7, 11) is 1.57. The molecule has 0 saturated carbocycles. The number of halogens is 2. The SMILES string of the molecule is COc1ccc(NC(=O)COc2ccc(/C=C(/C#N)C(=O)Nc3ccc(Cl)cc3)cc2Br)cc1. The topological polar surface area (TPSA) is 100 Å². The van der Waals surface area contributed by atoms with Crippen molar-refractivity contribution in [3.8, 4) is 17.6 Å². The van der Waals surface area contributed by atoms with Gasteiger partial charge < -0.3 is 20.1 Å². The van der Waals surface area contributed by atoms with Crippen molar-refractivity contribution in [3.05, 3.63) is 87.4 Å². The minimum absolute atomic E-state index is 0.0746. The fraction of sp³-hybridized carbons (Fsp3) is 0.0800. The zero-order chi connectivity index (χ0) is 24.5. The molecule has 3 rings (SSSR count). The molecule has 9 heteroatoms. The third kappa shape index (κ3) is 7.10. The van der Waals surface area contributed by atoms with Crippen molar-refractivity contribution in [2.24, 2.45) is 0 Å². The van der Waals surface area contributed by atoms with Crippen molar-refractivity contribution in [3.63, 3.8) is 0 Å². The number of carbonyl (C=O) groups excluding carboxylic acids is 2. The molecule has 0 fully saturated rings. The molecule has 0 bridgehead atoms. The predicted molar refractivity (Wildman–Crippen MR) is 135 cm³/mol. The lowest BCUT2D eigenvalue weighted by Crippen LogP contribution is -2.20. The molecule has 3 aromatic rings. The van der Waals surface area contributed by atoms with Gasteiger partial charge in [0.25, 0.3) is 11.8 Å². The molecule has 2 N–H and O–H groups in total. The molecule has 2 amide bonds. The highest BCUT2D eigenvalue weighted by molar-refractivity contribution is 9.10. The lowest BCUT2D eigenvalue weighted by atomic mass is 10.1. The van der Waals surface area contributed by atoms with E-state index in [2.05, 4.69) is 26.6 Å². The number of amides is 2. The van der Waals surface area contributed by atoms with E-state index in [0.717, 1.165) is 0 Å². The van der Waals surface area contributed by atoms with Gasteiger partial charge in [0, 0.05) is 16.4 Å². The molecule has 0 heterocycles. The number of benzene rings is 3. The average Bonchev–Trinajstić information content (AvgIpc) is 2.83. The van der Waals surface area contributed by atoms with Crippen molar-refractivity contribution < 1.29 is 19.1 Å². The molecule has 0 aliphatic heterocycles. The third-order valence-electron chi connectivity index (χ3n) is 4.47. The lowest BCUT2D eigenvalue weighted by Gasteiger charge is -2.10. The summed E-state index contributed by atoms with van der Waals surface area (Å²) in [6.45, 7) is -0.202. The van der Waals surface area contributed by atoms with Gasteiger partial charge in [0.1, 0.15) is 23.1 Å². The maximum atomic E-state index is 12.4. The zero-order valence-electron chi connectivity index (χ0n) is 18.0. The first kappa shape index (κ1) is 24.8. The molecular weight excluding hydrogens is 522 g/mol. The van der Waals surface area contributed by atoms with Gasteiger partial charge in [0.05, 0.1) is 11.6 Å². The Morgan fingerprint density at radius 2 is 1.68 bits per heavy atom. The van der Waals surface area contributed by atoms with Crippen LogP contribution in [0.5, 0.6) is 11.5 Å². The smallest absolute Gasteiger partial charge is 0.266 e. The fourth-order valence-corrected chi connectivity index (χ4v) is 3.42. The number of hydrogen-bond donors (Lipinski definition) is 2. The molecule has 0 atom stereocenters. The molecule has 0 aliphatic rings. The number of hydrogen-bond acceptors (Lipinski definition) is 5. The minimum atomic E-state index is -0.545. The van der Waals surface area contributed by atoms with Crippen molar-refractivity contribution in [2.75, 3.05) is 24.4 Å². The van der Waals surface area contributed by atoms with E-state index in [4.69, 9.17) is 21.1 Å². The Morgan fingerprint density at radius 1 is 1.03 bits per heavy atom. The number of methoxy groups -OCH3 is 1. The third-order valence-corrected chi connectivity index (χ3v) is 5.34. The average molecular weight is 541 g/mol. The van der Waals surface area contributed by atoms with E-state index in [9.17, 15) is 14.9 Å². The summed E-state index contributed by atoms with van der Waals surface area (Å²) in [6.07, 6.45) is 1.45. The van der Waals surface area contributed by atoms with Gasteiger partial charge in [-0.05, 0) is 88.2 Å². The maximum absolute atomic E-state index is 12.4. The minimum Gasteiger partial charge on any atom is -0.497 e. The van der Waals surface area contributed by atoms with E-state index < -0.39 is 5.91 Å². The molecule has 0 aliphatic carbocycles. The van der Waals surface area contributed by atoms with Crippen molar-refractivity contribution in [2.45, 2.75) is 0 Å². The second-order valence-corrected chi connectivity index (χ2v) is 8.18. The van der Waals surface area contributed by atoms with Crippen LogP contribution in [-0.2, 0) is 9.59 Å². The Balaban J connectivity index is 1.60. The number of anilines is 2.